The van der Waals surface area contributed by atoms with Crippen LogP contribution in [0.15, 0.2) is 24.4 Å². The second kappa shape index (κ2) is 6.64. The molecule has 1 unspecified atom stereocenters. The Morgan fingerprint density at radius 3 is 2.82 bits per heavy atom. The molecule has 1 atom stereocenters. The number of hydrogen-bond acceptors (Lipinski definition) is 5. The van der Waals surface area contributed by atoms with Gasteiger partial charge in [-0.3, -0.25) is 4.57 Å². The normalized spacial score (nSPS) is 11.7. The Bertz CT molecular complexity index is 754. The third-order valence-electron chi connectivity index (χ3n) is 2.97. The van der Waals surface area contributed by atoms with Gasteiger partial charge in [0.25, 0.3) is 0 Å². The molecule has 7 nitrogen and oxygen atoms in total. The van der Waals surface area contributed by atoms with Crippen LogP contribution < -0.4 is 4.74 Å². The summed E-state index contributed by atoms with van der Waals surface area (Å²) in [5, 5.41) is 21.0. The Balaban J connectivity index is 2.35. The van der Waals surface area contributed by atoms with Crippen LogP contribution >= 0.6 is 23.2 Å². The summed E-state index contributed by atoms with van der Waals surface area (Å²) in [5.41, 5.74) is 0.576. The molecule has 0 saturated heterocycles. The highest BCUT2D eigenvalue weighted by atomic mass is 35.5. The highest BCUT2D eigenvalue weighted by molar-refractivity contribution is 6.35. The molecule has 0 radical (unpaired) electrons. The molecule has 114 valence electrons. The van der Waals surface area contributed by atoms with Crippen LogP contribution in [-0.2, 0) is 6.54 Å². The average molecular weight is 341 g/mol. The summed E-state index contributed by atoms with van der Waals surface area (Å²) < 4.78 is 6.39. The number of halogens is 2. The number of nitro groups is 1. The van der Waals surface area contributed by atoms with Gasteiger partial charge < -0.3 is 14.9 Å². The van der Waals surface area contributed by atoms with Crippen molar-refractivity contribution in [3.05, 3.63) is 50.1 Å². The highest BCUT2D eigenvalue weighted by Crippen LogP contribution is 2.30. The molecule has 9 heteroatoms. The number of rotatable bonds is 5. The average Bonchev–Trinajstić information content (AvgIpc) is 2.88. The molecule has 1 aromatic carbocycles. The van der Waals surface area contributed by atoms with Crippen molar-refractivity contribution in [3.63, 3.8) is 0 Å². The molecule has 0 aliphatic carbocycles. The monoisotopic (exact) mass is 340 g/mol. The van der Waals surface area contributed by atoms with Crippen molar-refractivity contribution in [2.24, 2.45) is 0 Å². The van der Waals surface area contributed by atoms with Crippen LogP contribution in [0.1, 0.15) is 11.5 Å². The Morgan fingerprint density at radius 1 is 1.55 bits per heavy atom. The van der Waals surface area contributed by atoms with E-state index in [9.17, 15) is 15.4 Å². The summed E-state index contributed by atoms with van der Waals surface area (Å²) in [4.78, 5) is 13.9. The van der Waals surface area contributed by atoms with E-state index in [1.54, 1.807) is 12.1 Å². The fraction of sp³-hybridized carbons (Fsp3) is 0.231. The minimum atomic E-state index is -0.632. The largest absolute Gasteiger partial charge is 0.449 e. The number of aromatic nitrogens is 2. The van der Waals surface area contributed by atoms with Gasteiger partial charge in [0.1, 0.15) is 6.20 Å². The van der Waals surface area contributed by atoms with Gasteiger partial charge in [-0.05, 0) is 22.6 Å². The van der Waals surface area contributed by atoms with Crippen molar-refractivity contribution in [2.75, 3.05) is 7.11 Å². The van der Waals surface area contributed by atoms with Crippen LogP contribution in [0.3, 0.4) is 0 Å². The Labute approximate surface area is 135 Å². The van der Waals surface area contributed by atoms with Crippen LogP contribution in [0.2, 0.25) is 10.0 Å². The van der Waals surface area contributed by atoms with Crippen LogP contribution in [0.25, 0.3) is 0 Å². The maximum Gasteiger partial charge on any atom is 0.414 e. The molecule has 1 aromatic heterocycles. The maximum absolute atomic E-state index is 10.8. The number of imidazole rings is 1. The van der Waals surface area contributed by atoms with Gasteiger partial charge in [0.2, 0.25) is 0 Å². The molecule has 0 saturated carbocycles. The van der Waals surface area contributed by atoms with Crippen molar-refractivity contribution in [1.82, 2.24) is 9.55 Å². The van der Waals surface area contributed by atoms with E-state index < -0.39 is 10.8 Å². The summed E-state index contributed by atoms with van der Waals surface area (Å²) in [7, 11) is 1.35. The lowest BCUT2D eigenvalue weighted by molar-refractivity contribution is -0.389. The van der Waals surface area contributed by atoms with E-state index in [1.807, 2.05) is 0 Å². The van der Waals surface area contributed by atoms with Crippen LogP contribution in [0.5, 0.6) is 6.01 Å². The number of benzene rings is 1. The van der Waals surface area contributed by atoms with Gasteiger partial charge >= 0.3 is 11.8 Å². The predicted octanol–water partition coefficient (Wildman–Crippen LogP) is 3.41. The van der Waals surface area contributed by atoms with Crippen LogP contribution in [0.4, 0.5) is 5.82 Å². The zero-order valence-corrected chi connectivity index (χ0v) is 12.9. The Kier molecular flexibility index (Phi) is 4.85. The number of nitriles is 1. The van der Waals surface area contributed by atoms with E-state index in [2.05, 4.69) is 11.1 Å². The van der Waals surface area contributed by atoms with E-state index in [4.69, 9.17) is 27.9 Å². The Hall–Kier alpha value is -2.30. The van der Waals surface area contributed by atoms with E-state index in [-0.39, 0.29) is 18.4 Å². The van der Waals surface area contributed by atoms with E-state index in [1.165, 1.54) is 23.9 Å². The SMILES string of the molecule is COc1nc([N+](=O)[O-])cn1CC(C#N)c1ccc(Cl)cc1Cl. The standard InChI is InChI=1S/C13H10Cl2N4O3/c1-22-13-17-12(19(20)21)7-18(13)6-8(5-16)10-3-2-9(14)4-11(10)15/h2-4,7-8H,6H2,1H3. The van der Waals surface area contributed by atoms with E-state index in [0.29, 0.717) is 15.6 Å². The van der Waals surface area contributed by atoms with Gasteiger partial charge in [-0.2, -0.15) is 5.26 Å². The highest BCUT2D eigenvalue weighted by Gasteiger charge is 2.23. The summed E-state index contributed by atoms with van der Waals surface area (Å²) >= 11 is 11.9. The fourth-order valence-electron chi connectivity index (χ4n) is 1.96. The van der Waals surface area contributed by atoms with Crippen molar-refractivity contribution in [3.8, 4) is 12.1 Å². The zero-order chi connectivity index (χ0) is 16.3. The van der Waals surface area contributed by atoms with Gasteiger partial charge in [0.15, 0.2) is 0 Å². The second-order valence-electron chi connectivity index (χ2n) is 4.34. The third-order valence-corrected chi connectivity index (χ3v) is 3.53. The quantitative estimate of drug-likeness (QED) is 0.613. The first-order valence-corrected chi connectivity index (χ1v) is 6.82. The molecule has 0 bridgehead atoms. The van der Waals surface area contributed by atoms with Crippen LogP contribution in [0, 0.1) is 21.4 Å². The topological polar surface area (TPSA) is 94.0 Å². The van der Waals surface area contributed by atoms with Gasteiger partial charge in [-0.25, -0.2) is 0 Å². The summed E-state index contributed by atoms with van der Waals surface area (Å²) in [6.45, 7) is 0.113. The summed E-state index contributed by atoms with van der Waals surface area (Å²) in [5.74, 6) is -0.983. The van der Waals surface area contributed by atoms with Crippen molar-refractivity contribution < 1.29 is 9.66 Å². The maximum atomic E-state index is 10.8. The van der Waals surface area contributed by atoms with Gasteiger partial charge in [0, 0.05) is 21.6 Å². The molecule has 0 fully saturated rings. The molecule has 1 heterocycles. The van der Waals surface area contributed by atoms with Gasteiger partial charge in [-0.1, -0.05) is 29.3 Å². The van der Waals surface area contributed by atoms with Crippen molar-refractivity contribution in [2.45, 2.75) is 12.5 Å². The molecule has 22 heavy (non-hydrogen) atoms. The first-order valence-electron chi connectivity index (χ1n) is 6.06. The predicted molar refractivity (Wildman–Crippen MR) is 80.2 cm³/mol. The second-order valence-corrected chi connectivity index (χ2v) is 5.19. The molecule has 0 aliphatic rings. The molecule has 0 N–H and O–H groups in total. The fourth-order valence-corrected chi connectivity index (χ4v) is 2.50. The minimum absolute atomic E-state index is 0.0528. The van der Waals surface area contributed by atoms with E-state index in [0.717, 1.165) is 0 Å². The molecule has 0 amide bonds. The lowest BCUT2D eigenvalue weighted by Crippen LogP contribution is -2.09. The van der Waals surface area contributed by atoms with Gasteiger partial charge in [-0.15, -0.1) is 0 Å². The molecule has 2 rings (SSSR count). The number of nitrogens with zero attached hydrogens (tertiary/aromatic N) is 4. The first kappa shape index (κ1) is 16.1. The zero-order valence-electron chi connectivity index (χ0n) is 11.4. The molecule has 2 aromatic rings. The lowest BCUT2D eigenvalue weighted by Gasteiger charge is -2.12. The lowest BCUT2D eigenvalue weighted by atomic mass is 10.0. The van der Waals surface area contributed by atoms with Crippen LogP contribution in [-0.4, -0.2) is 21.6 Å². The molecular formula is C13H10Cl2N4O3. The smallest absolute Gasteiger partial charge is 0.414 e. The minimum Gasteiger partial charge on any atom is -0.449 e. The number of hydrogen-bond donors (Lipinski definition) is 0. The summed E-state index contributed by atoms with van der Waals surface area (Å²) in [6.07, 6.45) is 1.22. The third kappa shape index (κ3) is 3.30. The van der Waals surface area contributed by atoms with Crippen molar-refractivity contribution >= 4 is 29.0 Å². The van der Waals surface area contributed by atoms with Crippen molar-refractivity contribution in [1.29, 1.82) is 5.26 Å². The van der Waals surface area contributed by atoms with Gasteiger partial charge in [0.05, 0.1) is 19.1 Å². The summed E-state index contributed by atoms with van der Waals surface area (Å²) in [6, 6.07) is 6.98. The Morgan fingerprint density at radius 2 is 2.27 bits per heavy atom. The number of methoxy groups -OCH3 is 1. The van der Waals surface area contributed by atoms with E-state index >= 15 is 0 Å². The molecule has 0 aliphatic heterocycles. The molecular weight excluding hydrogens is 331 g/mol. The number of ether oxygens (including phenoxy) is 1. The molecule has 0 spiro atoms. The first-order chi connectivity index (χ1) is 10.5.